The van der Waals surface area contributed by atoms with Gasteiger partial charge in [0.15, 0.2) is 0 Å². The van der Waals surface area contributed by atoms with Crippen LogP contribution >= 0.6 is 15.9 Å². The molecule has 0 amide bonds. The standard InChI is InChI=1S/C3H2BrF2O/c4-3(5,6)1-2-7/h1-2H/b2-1-. The highest BCUT2D eigenvalue weighted by molar-refractivity contribution is 9.10. The number of rotatable bonds is 1. The minimum absolute atomic E-state index is 0.0365. The van der Waals surface area contributed by atoms with Gasteiger partial charge in [-0.1, -0.05) is 0 Å². The van der Waals surface area contributed by atoms with E-state index in [1.54, 1.807) is 0 Å². The van der Waals surface area contributed by atoms with E-state index in [1.165, 1.54) is 0 Å². The molecule has 0 aliphatic carbocycles. The summed E-state index contributed by atoms with van der Waals surface area (Å²) in [7, 11) is 0. The van der Waals surface area contributed by atoms with Crippen LogP contribution in [0.2, 0.25) is 0 Å². The highest BCUT2D eigenvalue weighted by Crippen LogP contribution is 2.22. The van der Waals surface area contributed by atoms with Gasteiger partial charge in [0.05, 0.1) is 0 Å². The molecule has 1 radical (unpaired) electrons. The Balaban J connectivity index is 3.56. The molecule has 0 aromatic rings. The maximum Gasteiger partial charge on any atom is 0.323 e. The predicted molar refractivity (Wildman–Crippen MR) is 23.7 cm³/mol. The van der Waals surface area contributed by atoms with Crippen molar-refractivity contribution < 1.29 is 13.9 Å². The molecule has 0 atom stereocenters. The van der Waals surface area contributed by atoms with Crippen LogP contribution in [0, 0.1) is 0 Å². The highest BCUT2D eigenvalue weighted by atomic mass is 79.9. The predicted octanol–water partition coefficient (Wildman–Crippen LogP) is 1.92. The second-order valence-corrected chi connectivity index (χ2v) is 1.90. The van der Waals surface area contributed by atoms with E-state index in [1.807, 2.05) is 15.9 Å². The summed E-state index contributed by atoms with van der Waals surface area (Å²) in [5.41, 5.74) is 0. The molecule has 4 heteroatoms. The lowest BCUT2D eigenvalue weighted by atomic mass is 10.7. The molecule has 0 bridgehead atoms. The average molecular weight is 172 g/mol. The largest absolute Gasteiger partial charge is 0.323 e. The maximum absolute atomic E-state index is 11.4. The molecule has 0 saturated carbocycles. The van der Waals surface area contributed by atoms with Crippen molar-refractivity contribution in [2.75, 3.05) is 0 Å². The lowest BCUT2D eigenvalue weighted by Crippen LogP contribution is -1.96. The van der Waals surface area contributed by atoms with Gasteiger partial charge in [0.25, 0.3) is 0 Å². The van der Waals surface area contributed by atoms with Crippen molar-refractivity contribution in [3.8, 4) is 0 Å². The van der Waals surface area contributed by atoms with Crippen LogP contribution < -0.4 is 0 Å². The Bertz CT molecular complexity index is 75.5. The first-order valence-corrected chi connectivity index (χ1v) is 2.22. The Morgan fingerprint density at radius 3 is 2.00 bits per heavy atom. The van der Waals surface area contributed by atoms with Crippen molar-refractivity contribution in [2.24, 2.45) is 0 Å². The molecule has 0 aromatic carbocycles. The van der Waals surface area contributed by atoms with Crippen LogP contribution in [0.25, 0.3) is 0 Å². The molecular formula is C3H2BrF2O. The van der Waals surface area contributed by atoms with Crippen molar-refractivity contribution in [3.05, 3.63) is 12.3 Å². The smallest absolute Gasteiger partial charge is 0.299 e. The molecule has 7 heavy (non-hydrogen) atoms. The molecule has 0 rings (SSSR count). The quantitative estimate of drug-likeness (QED) is 0.425. The van der Waals surface area contributed by atoms with Crippen LogP contribution in [0.15, 0.2) is 12.3 Å². The van der Waals surface area contributed by atoms with E-state index < -0.39 is 4.83 Å². The average Bonchev–Trinajstić information content (AvgIpc) is 1.30. The summed E-state index contributed by atoms with van der Waals surface area (Å²) in [5.74, 6) is 0. The van der Waals surface area contributed by atoms with Crippen molar-refractivity contribution in [3.63, 3.8) is 0 Å². The fraction of sp³-hybridized carbons (Fsp3) is 0.333. The zero-order chi connectivity index (χ0) is 5.91. The number of allylic oxidation sites excluding steroid dienone is 1. The molecular weight excluding hydrogens is 170 g/mol. The second kappa shape index (κ2) is 2.26. The molecule has 0 spiro atoms. The topological polar surface area (TPSA) is 19.9 Å². The van der Waals surface area contributed by atoms with E-state index in [2.05, 4.69) is 0 Å². The summed E-state index contributed by atoms with van der Waals surface area (Å²) in [6.07, 6.45) is 0.252. The van der Waals surface area contributed by atoms with Crippen LogP contribution in [0.4, 0.5) is 8.78 Å². The van der Waals surface area contributed by atoms with Crippen LogP contribution in [-0.4, -0.2) is 4.83 Å². The van der Waals surface area contributed by atoms with Gasteiger partial charge in [-0.3, -0.25) is 5.11 Å². The van der Waals surface area contributed by atoms with E-state index in [-0.39, 0.29) is 12.3 Å². The number of halogens is 3. The van der Waals surface area contributed by atoms with Crippen LogP contribution in [-0.2, 0) is 5.11 Å². The van der Waals surface area contributed by atoms with Crippen LogP contribution in [0.5, 0.6) is 0 Å². The Hall–Kier alpha value is -0.120. The fourth-order valence-corrected chi connectivity index (χ4v) is 0.185. The number of alkyl halides is 3. The zero-order valence-corrected chi connectivity index (χ0v) is 4.78. The van der Waals surface area contributed by atoms with E-state index >= 15 is 0 Å². The molecule has 0 aliphatic rings. The van der Waals surface area contributed by atoms with Gasteiger partial charge in [-0.2, -0.15) is 8.78 Å². The molecule has 0 N–H and O–H groups in total. The minimum Gasteiger partial charge on any atom is -0.299 e. The lowest BCUT2D eigenvalue weighted by Gasteiger charge is -1.94. The van der Waals surface area contributed by atoms with E-state index in [4.69, 9.17) is 0 Å². The van der Waals surface area contributed by atoms with Gasteiger partial charge in [-0.05, 0) is 15.9 Å². The van der Waals surface area contributed by atoms with Crippen molar-refractivity contribution >= 4 is 15.9 Å². The third-order valence-corrected chi connectivity index (χ3v) is 0.521. The van der Waals surface area contributed by atoms with Crippen LogP contribution in [0.3, 0.4) is 0 Å². The normalized spacial score (nSPS) is 13.0. The fourth-order valence-electron chi connectivity index (χ4n) is 0.0772. The number of hydrogen-bond acceptors (Lipinski definition) is 0. The summed E-state index contributed by atoms with van der Waals surface area (Å²) in [4.78, 5) is -3.13. The van der Waals surface area contributed by atoms with Gasteiger partial charge in [0, 0.05) is 6.08 Å². The summed E-state index contributed by atoms with van der Waals surface area (Å²) in [5, 5.41) is 9.25. The van der Waals surface area contributed by atoms with Gasteiger partial charge >= 0.3 is 4.83 Å². The van der Waals surface area contributed by atoms with E-state index in [0.29, 0.717) is 0 Å². The molecule has 0 heterocycles. The van der Waals surface area contributed by atoms with Gasteiger partial charge in [-0.25, -0.2) is 0 Å². The van der Waals surface area contributed by atoms with Gasteiger partial charge in [-0.15, -0.1) is 0 Å². The highest BCUT2D eigenvalue weighted by Gasteiger charge is 2.18. The Kier molecular flexibility index (Phi) is 2.22. The first kappa shape index (κ1) is 6.88. The Morgan fingerprint density at radius 2 is 2.00 bits per heavy atom. The van der Waals surface area contributed by atoms with Crippen molar-refractivity contribution in [1.29, 1.82) is 0 Å². The molecule has 41 valence electrons. The van der Waals surface area contributed by atoms with Crippen molar-refractivity contribution in [2.45, 2.75) is 4.83 Å². The zero-order valence-electron chi connectivity index (χ0n) is 3.20. The SMILES string of the molecule is [O]/C=C\C(F)(F)Br. The first-order valence-electron chi connectivity index (χ1n) is 1.42. The number of hydrogen-bond donors (Lipinski definition) is 0. The Morgan fingerprint density at radius 1 is 1.57 bits per heavy atom. The first-order chi connectivity index (χ1) is 3.06. The molecule has 0 saturated heterocycles. The third kappa shape index (κ3) is 5.88. The third-order valence-electron chi connectivity index (χ3n) is 0.257. The second-order valence-electron chi connectivity index (χ2n) is 0.844. The van der Waals surface area contributed by atoms with Gasteiger partial charge < -0.3 is 0 Å². The monoisotopic (exact) mass is 171 g/mol. The van der Waals surface area contributed by atoms with E-state index in [0.717, 1.165) is 0 Å². The lowest BCUT2D eigenvalue weighted by molar-refractivity contribution is 0.166. The minimum atomic E-state index is -3.13. The van der Waals surface area contributed by atoms with E-state index in [9.17, 15) is 13.9 Å². The maximum atomic E-state index is 11.4. The van der Waals surface area contributed by atoms with Gasteiger partial charge in [0.1, 0.15) is 6.26 Å². The summed E-state index contributed by atoms with van der Waals surface area (Å²) in [6, 6.07) is 0. The molecule has 1 nitrogen and oxygen atoms in total. The summed E-state index contributed by atoms with van der Waals surface area (Å²) < 4.78 is 22.7. The molecule has 0 aliphatic heterocycles. The molecule has 0 unspecified atom stereocenters. The summed E-state index contributed by atoms with van der Waals surface area (Å²) >= 11 is 1.92. The van der Waals surface area contributed by atoms with Crippen LogP contribution in [0.1, 0.15) is 0 Å². The molecule has 0 fully saturated rings. The van der Waals surface area contributed by atoms with Crippen molar-refractivity contribution in [1.82, 2.24) is 0 Å². The Labute approximate surface area is 47.8 Å². The van der Waals surface area contributed by atoms with Gasteiger partial charge in [0.2, 0.25) is 0 Å². The summed E-state index contributed by atoms with van der Waals surface area (Å²) in [6.45, 7) is 0. The molecule has 0 aromatic heterocycles.